The Morgan fingerprint density at radius 2 is 1.85 bits per heavy atom. The summed E-state index contributed by atoms with van der Waals surface area (Å²) < 4.78 is 6.58. The third kappa shape index (κ3) is 4.51. The van der Waals surface area contributed by atoms with E-state index < -0.39 is 4.92 Å². The maximum Gasteiger partial charge on any atom is 0.269 e. The molecule has 0 unspecified atom stereocenters. The Labute approximate surface area is 161 Å². The number of methoxy groups -OCH3 is 1. The largest absolute Gasteiger partial charge is 0.496 e. The van der Waals surface area contributed by atoms with Crippen molar-refractivity contribution in [1.29, 1.82) is 0 Å². The van der Waals surface area contributed by atoms with Crippen LogP contribution < -0.4 is 4.74 Å². The summed E-state index contributed by atoms with van der Waals surface area (Å²) in [5, 5.41) is 20.4. The molecule has 0 amide bonds. The number of aliphatic hydroxyl groups excluding tert-OH is 1. The lowest BCUT2D eigenvalue weighted by Crippen LogP contribution is -2.13. The Morgan fingerprint density at radius 3 is 2.38 bits per heavy atom. The first kappa shape index (κ1) is 20.1. The second kappa shape index (κ2) is 8.01. The predicted molar refractivity (Wildman–Crippen MR) is 107 cm³/mol. The molecule has 0 spiro atoms. The molecule has 0 atom stereocenters. The fraction of sp³-hybridized carbons (Fsp3) is 0.300. The van der Waals surface area contributed by atoms with Crippen molar-refractivity contribution >= 4 is 33.8 Å². The van der Waals surface area contributed by atoms with Gasteiger partial charge in [0.15, 0.2) is 0 Å². The van der Waals surface area contributed by atoms with Gasteiger partial charge < -0.3 is 9.84 Å². The maximum absolute atomic E-state index is 10.9. The Balaban J connectivity index is 2.51. The molecule has 0 saturated heterocycles. The second-order valence-electron chi connectivity index (χ2n) is 6.96. The summed E-state index contributed by atoms with van der Waals surface area (Å²) in [6.07, 6.45) is 3.71. The molecule has 2 rings (SSSR count). The number of ether oxygens (including phenoxy) is 1. The van der Waals surface area contributed by atoms with Crippen LogP contribution in [0.5, 0.6) is 5.75 Å². The molecule has 0 aliphatic rings. The van der Waals surface area contributed by atoms with Crippen LogP contribution in [0.1, 0.15) is 43.0 Å². The van der Waals surface area contributed by atoms with Crippen LogP contribution in [-0.2, 0) is 12.0 Å². The third-order valence-electron chi connectivity index (χ3n) is 4.04. The number of halogens is 1. The van der Waals surface area contributed by atoms with Crippen LogP contribution in [0, 0.1) is 10.1 Å². The summed E-state index contributed by atoms with van der Waals surface area (Å²) in [5.74, 6) is 0.782. The van der Waals surface area contributed by atoms with Crippen LogP contribution in [-0.4, -0.2) is 17.1 Å². The number of rotatable bonds is 5. The van der Waals surface area contributed by atoms with Crippen molar-refractivity contribution < 1.29 is 14.8 Å². The molecule has 0 radical (unpaired) electrons. The number of nitro benzene ring substituents is 1. The molecule has 0 aromatic heterocycles. The lowest BCUT2D eigenvalue weighted by Gasteiger charge is -2.24. The molecule has 5 nitrogen and oxygen atoms in total. The van der Waals surface area contributed by atoms with Crippen molar-refractivity contribution in [2.75, 3.05) is 7.11 Å². The van der Waals surface area contributed by atoms with Crippen molar-refractivity contribution in [3.8, 4) is 5.75 Å². The van der Waals surface area contributed by atoms with Gasteiger partial charge in [-0.2, -0.15) is 0 Å². The molecule has 138 valence electrons. The molecule has 0 saturated carbocycles. The van der Waals surface area contributed by atoms with Gasteiger partial charge in [-0.15, -0.1) is 0 Å². The van der Waals surface area contributed by atoms with Crippen molar-refractivity contribution in [3.05, 3.63) is 67.2 Å². The Hall–Kier alpha value is -2.18. The van der Waals surface area contributed by atoms with Gasteiger partial charge in [0, 0.05) is 27.7 Å². The van der Waals surface area contributed by atoms with E-state index >= 15 is 0 Å². The van der Waals surface area contributed by atoms with Gasteiger partial charge in [0.2, 0.25) is 0 Å². The van der Waals surface area contributed by atoms with Gasteiger partial charge in [0.05, 0.1) is 18.6 Å². The molecule has 0 heterocycles. The van der Waals surface area contributed by atoms with Crippen LogP contribution in [0.3, 0.4) is 0 Å². The minimum atomic E-state index is -0.473. The maximum atomic E-state index is 10.9. The molecule has 0 aliphatic heterocycles. The minimum absolute atomic E-state index is 0.0405. The number of non-ortho nitro benzene ring substituents is 1. The topological polar surface area (TPSA) is 72.6 Å². The van der Waals surface area contributed by atoms with E-state index in [1.807, 2.05) is 24.3 Å². The van der Waals surface area contributed by atoms with Gasteiger partial charge >= 0.3 is 0 Å². The lowest BCUT2D eigenvalue weighted by atomic mass is 9.85. The van der Waals surface area contributed by atoms with E-state index in [-0.39, 0.29) is 17.7 Å². The summed E-state index contributed by atoms with van der Waals surface area (Å²) in [7, 11) is 1.64. The molecular weight excluding hydrogens is 398 g/mol. The van der Waals surface area contributed by atoms with Crippen molar-refractivity contribution in [2.45, 2.75) is 32.8 Å². The van der Waals surface area contributed by atoms with Crippen molar-refractivity contribution in [3.63, 3.8) is 0 Å². The average molecular weight is 420 g/mol. The Morgan fingerprint density at radius 1 is 1.19 bits per heavy atom. The lowest BCUT2D eigenvalue weighted by molar-refractivity contribution is -0.384. The zero-order valence-corrected chi connectivity index (χ0v) is 16.8. The van der Waals surface area contributed by atoms with Gasteiger partial charge in [0.25, 0.3) is 5.69 Å². The van der Waals surface area contributed by atoms with E-state index in [0.29, 0.717) is 5.56 Å². The van der Waals surface area contributed by atoms with E-state index in [0.717, 1.165) is 26.9 Å². The highest BCUT2D eigenvalue weighted by atomic mass is 79.9. The fourth-order valence-electron chi connectivity index (χ4n) is 2.71. The molecule has 6 heteroatoms. The number of nitro groups is 1. The van der Waals surface area contributed by atoms with E-state index in [1.165, 1.54) is 12.1 Å². The summed E-state index contributed by atoms with van der Waals surface area (Å²) in [6, 6.07) is 8.45. The Bertz CT molecular complexity index is 854. The van der Waals surface area contributed by atoms with E-state index in [2.05, 4.69) is 36.7 Å². The van der Waals surface area contributed by atoms with Crippen LogP contribution in [0.25, 0.3) is 12.2 Å². The van der Waals surface area contributed by atoms with Gasteiger partial charge in [-0.1, -0.05) is 48.9 Å². The number of hydrogen-bond donors (Lipinski definition) is 1. The average Bonchev–Trinajstić information content (AvgIpc) is 2.58. The first-order chi connectivity index (χ1) is 12.2. The summed E-state index contributed by atoms with van der Waals surface area (Å²) in [4.78, 5) is 10.4. The first-order valence-corrected chi connectivity index (χ1v) is 8.91. The van der Waals surface area contributed by atoms with Gasteiger partial charge in [0.1, 0.15) is 5.75 Å². The van der Waals surface area contributed by atoms with E-state index in [9.17, 15) is 15.2 Å². The van der Waals surface area contributed by atoms with Crippen molar-refractivity contribution in [2.24, 2.45) is 0 Å². The molecule has 26 heavy (non-hydrogen) atoms. The van der Waals surface area contributed by atoms with Crippen LogP contribution >= 0.6 is 15.9 Å². The zero-order chi connectivity index (χ0) is 19.5. The summed E-state index contributed by atoms with van der Waals surface area (Å²) >= 11 is 3.54. The summed E-state index contributed by atoms with van der Waals surface area (Å²) in [6.45, 7) is 6.07. The molecule has 2 aromatic rings. The SMILES string of the molecule is COc1c(/C=C/c2ccc([N+](=O)[O-])cc2CO)cc(Br)cc1C(C)(C)C. The number of hydrogen-bond acceptors (Lipinski definition) is 4. The number of benzene rings is 2. The summed E-state index contributed by atoms with van der Waals surface area (Å²) in [5.41, 5.74) is 3.04. The van der Waals surface area contributed by atoms with E-state index in [4.69, 9.17) is 4.74 Å². The molecule has 0 aliphatic carbocycles. The van der Waals surface area contributed by atoms with Crippen LogP contribution in [0.15, 0.2) is 34.8 Å². The molecule has 0 bridgehead atoms. The minimum Gasteiger partial charge on any atom is -0.496 e. The van der Waals surface area contributed by atoms with Gasteiger partial charge in [-0.05, 0) is 34.7 Å². The number of nitrogens with zero attached hydrogens (tertiary/aromatic N) is 1. The molecule has 2 aromatic carbocycles. The molecule has 0 fully saturated rings. The standard InChI is InChI=1S/C20H22BrNO4/c1-20(2,3)18-11-16(21)9-14(19(18)26-4)6-5-13-7-8-17(22(24)25)10-15(13)12-23/h5-11,23H,12H2,1-4H3/b6-5+. The number of aliphatic hydroxyl groups is 1. The van der Waals surface area contributed by atoms with Crippen molar-refractivity contribution in [1.82, 2.24) is 0 Å². The highest BCUT2D eigenvalue weighted by Gasteiger charge is 2.21. The zero-order valence-electron chi connectivity index (χ0n) is 15.2. The highest BCUT2D eigenvalue weighted by molar-refractivity contribution is 9.10. The second-order valence-corrected chi connectivity index (χ2v) is 7.87. The highest BCUT2D eigenvalue weighted by Crippen LogP contribution is 2.37. The van der Waals surface area contributed by atoms with Gasteiger partial charge in [-0.25, -0.2) is 0 Å². The molecule has 1 N–H and O–H groups in total. The monoisotopic (exact) mass is 419 g/mol. The fourth-order valence-corrected chi connectivity index (χ4v) is 3.18. The Kier molecular flexibility index (Phi) is 6.21. The smallest absolute Gasteiger partial charge is 0.269 e. The normalized spacial score (nSPS) is 11.8. The molecular formula is C20H22BrNO4. The van der Waals surface area contributed by atoms with Crippen LogP contribution in [0.4, 0.5) is 5.69 Å². The quantitative estimate of drug-likeness (QED) is 0.403. The van der Waals surface area contributed by atoms with Gasteiger partial charge in [-0.3, -0.25) is 10.1 Å². The van der Waals surface area contributed by atoms with E-state index in [1.54, 1.807) is 13.2 Å². The third-order valence-corrected chi connectivity index (χ3v) is 4.50. The predicted octanol–water partition coefficient (Wildman–Crippen LogP) is 5.33. The first-order valence-electron chi connectivity index (χ1n) is 8.11. The van der Waals surface area contributed by atoms with Crippen LogP contribution in [0.2, 0.25) is 0 Å².